The normalized spacial score (nSPS) is 20.0. The van der Waals surface area contributed by atoms with Gasteiger partial charge in [-0.05, 0) is 44.0 Å². The molecular weight excluding hydrogens is 284 g/mol. The first kappa shape index (κ1) is 14.4. The lowest BCUT2D eigenvalue weighted by Gasteiger charge is -2.24. The summed E-state index contributed by atoms with van der Waals surface area (Å²) >= 11 is 0. The molecule has 21 heavy (non-hydrogen) atoms. The Kier molecular flexibility index (Phi) is 3.63. The molecule has 4 nitrogen and oxygen atoms in total. The summed E-state index contributed by atoms with van der Waals surface area (Å²) in [7, 11) is -1.46. The van der Waals surface area contributed by atoms with Gasteiger partial charge >= 0.3 is 0 Å². The first-order chi connectivity index (χ1) is 10.00. The molecule has 0 radical (unpaired) electrons. The van der Waals surface area contributed by atoms with Crippen LogP contribution in [-0.2, 0) is 17.1 Å². The van der Waals surface area contributed by atoms with E-state index in [2.05, 4.69) is 0 Å². The van der Waals surface area contributed by atoms with Crippen LogP contribution in [0.15, 0.2) is 47.5 Å². The van der Waals surface area contributed by atoms with Crippen molar-refractivity contribution in [3.8, 4) is 0 Å². The lowest BCUT2D eigenvalue weighted by Crippen LogP contribution is -2.31. The van der Waals surface area contributed by atoms with Gasteiger partial charge in [0.2, 0.25) is 10.0 Å². The Labute approximate surface area is 126 Å². The fourth-order valence-electron chi connectivity index (χ4n) is 2.99. The van der Waals surface area contributed by atoms with Crippen molar-refractivity contribution in [1.29, 1.82) is 0 Å². The SMILES string of the molecule is Cc1ccc(S(=O)(=O)N2CCC[C@H]2c2cccn2C)cc1. The van der Waals surface area contributed by atoms with Crippen molar-refractivity contribution in [2.75, 3.05) is 6.54 Å². The average molecular weight is 304 g/mol. The fourth-order valence-corrected chi connectivity index (χ4v) is 4.66. The molecular formula is C16H20N2O2S. The molecule has 0 spiro atoms. The van der Waals surface area contributed by atoms with E-state index in [4.69, 9.17) is 0 Å². The second kappa shape index (κ2) is 5.31. The minimum atomic E-state index is -3.43. The van der Waals surface area contributed by atoms with Crippen LogP contribution in [0.4, 0.5) is 0 Å². The van der Waals surface area contributed by atoms with Gasteiger partial charge in [0.15, 0.2) is 0 Å². The number of aromatic nitrogens is 1. The van der Waals surface area contributed by atoms with Crippen LogP contribution in [-0.4, -0.2) is 23.8 Å². The van der Waals surface area contributed by atoms with Gasteiger partial charge in [0.25, 0.3) is 0 Å². The Morgan fingerprint density at radius 3 is 2.48 bits per heavy atom. The third-order valence-electron chi connectivity index (χ3n) is 4.16. The van der Waals surface area contributed by atoms with Crippen LogP contribution in [0.2, 0.25) is 0 Å². The highest BCUT2D eigenvalue weighted by molar-refractivity contribution is 7.89. The maximum absolute atomic E-state index is 12.9. The molecule has 2 aromatic rings. The third-order valence-corrected chi connectivity index (χ3v) is 6.08. The molecule has 1 aromatic carbocycles. The van der Waals surface area contributed by atoms with Crippen LogP contribution in [0, 0.1) is 6.92 Å². The van der Waals surface area contributed by atoms with E-state index in [0.717, 1.165) is 24.1 Å². The molecule has 0 bridgehead atoms. The number of benzene rings is 1. The van der Waals surface area contributed by atoms with Crippen LogP contribution in [0.5, 0.6) is 0 Å². The Bertz CT molecular complexity index is 732. The lowest BCUT2D eigenvalue weighted by atomic mass is 10.1. The van der Waals surface area contributed by atoms with Crippen molar-refractivity contribution < 1.29 is 8.42 Å². The van der Waals surface area contributed by atoms with Crippen LogP contribution in [0.1, 0.15) is 30.1 Å². The standard InChI is InChI=1S/C16H20N2O2S/c1-13-7-9-14(10-8-13)21(19,20)18-12-4-6-16(18)15-5-3-11-17(15)2/h3,5,7-11,16H,4,6,12H2,1-2H3/t16-/m0/s1. The minimum absolute atomic E-state index is 0.0590. The summed E-state index contributed by atoms with van der Waals surface area (Å²) in [5, 5.41) is 0. The van der Waals surface area contributed by atoms with Crippen LogP contribution < -0.4 is 0 Å². The largest absolute Gasteiger partial charge is 0.353 e. The number of hydrogen-bond acceptors (Lipinski definition) is 2. The second-order valence-corrected chi connectivity index (χ2v) is 7.52. The topological polar surface area (TPSA) is 42.3 Å². The van der Waals surface area contributed by atoms with Crippen molar-refractivity contribution in [3.63, 3.8) is 0 Å². The number of nitrogens with zero attached hydrogens (tertiary/aromatic N) is 2. The summed E-state index contributed by atoms with van der Waals surface area (Å²) in [5.41, 5.74) is 2.12. The Morgan fingerprint density at radius 1 is 1.14 bits per heavy atom. The maximum atomic E-state index is 12.9. The molecule has 5 heteroatoms. The number of hydrogen-bond donors (Lipinski definition) is 0. The van der Waals surface area contributed by atoms with Gasteiger partial charge in [-0.2, -0.15) is 4.31 Å². The zero-order valence-electron chi connectivity index (χ0n) is 12.4. The fraction of sp³-hybridized carbons (Fsp3) is 0.375. The molecule has 0 aliphatic carbocycles. The van der Waals surface area contributed by atoms with Crippen LogP contribution in [0.3, 0.4) is 0 Å². The maximum Gasteiger partial charge on any atom is 0.243 e. The number of rotatable bonds is 3. The van der Waals surface area contributed by atoms with Gasteiger partial charge in [-0.1, -0.05) is 17.7 Å². The van der Waals surface area contributed by atoms with Gasteiger partial charge in [0.05, 0.1) is 10.9 Å². The monoisotopic (exact) mass is 304 g/mol. The zero-order chi connectivity index (χ0) is 15.0. The van der Waals surface area contributed by atoms with Gasteiger partial charge < -0.3 is 4.57 Å². The van der Waals surface area contributed by atoms with E-state index < -0.39 is 10.0 Å². The van der Waals surface area contributed by atoms with Gasteiger partial charge in [-0.25, -0.2) is 8.42 Å². The smallest absolute Gasteiger partial charge is 0.243 e. The first-order valence-electron chi connectivity index (χ1n) is 7.20. The molecule has 0 amide bonds. The Hall–Kier alpha value is -1.59. The van der Waals surface area contributed by atoms with Crippen molar-refractivity contribution >= 4 is 10.0 Å². The highest BCUT2D eigenvalue weighted by atomic mass is 32.2. The van der Waals surface area contributed by atoms with E-state index in [0.29, 0.717) is 11.4 Å². The van der Waals surface area contributed by atoms with Gasteiger partial charge in [0.1, 0.15) is 0 Å². The second-order valence-electron chi connectivity index (χ2n) is 5.63. The van der Waals surface area contributed by atoms with Crippen molar-refractivity contribution in [1.82, 2.24) is 8.87 Å². The summed E-state index contributed by atoms with van der Waals surface area (Å²) < 4.78 is 29.4. The molecule has 1 fully saturated rings. The molecule has 0 saturated carbocycles. The number of sulfonamides is 1. The summed E-state index contributed by atoms with van der Waals surface area (Å²) in [6.07, 6.45) is 3.74. The van der Waals surface area contributed by atoms with E-state index >= 15 is 0 Å². The van der Waals surface area contributed by atoms with E-state index in [1.807, 2.05) is 49.0 Å². The van der Waals surface area contributed by atoms with E-state index in [9.17, 15) is 8.42 Å². The predicted octanol–water partition coefficient (Wildman–Crippen LogP) is 2.86. The van der Waals surface area contributed by atoms with Crippen LogP contribution >= 0.6 is 0 Å². The van der Waals surface area contributed by atoms with Crippen molar-refractivity contribution in [2.45, 2.75) is 30.7 Å². The molecule has 1 atom stereocenters. The molecule has 112 valence electrons. The molecule has 0 N–H and O–H groups in total. The molecule has 1 saturated heterocycles. The first-order valence-corrected chi connectivity index (χ1v) is 8.64. The number of aryl methyl sites for hydroxylation is 2. The Balaban J connectivity index is 1.98. The molecule has 1 aliphatic rings. The summed E-state index contributed by atoms with van der Waals surface area (Å²) in [5.74, 6) is 0. The molecule has 0 unspecified atom stereocenters. The quantitative estimate of drug-likeness (QED) is 0.875. The molecule has 2 heterocycles. The highest BCUT2D eigenvalue weighted by Gasteiger charge is 2.37. The lowest BCUT2D eigenvalue weighted by molar-refractivity contribution is 0.384. The molecule has 1 aromatic heterocycles. The summed E-state index contributed by atoms with van der Waals surface area (Å²) in [6, 6.07) is 11.0. The van der Waals surface area contributed by atoms with Crippen LogP contribution in [0.25, 0.3) is 0 Å². The van der Waals surface area contributed by atoms with E-state index in [-0.39, 0.29) is 6.04 Å². The van der Waals surface area contributed by atoms with Gasteiger partial charge in [-0.15, -0.1) is 0 Å². The van der Waals surface area contributed by atoms with Crippen molar-refractivity contribution in [3.05, 3.63) is 53.9 Å². The van der Waals surface area contributed by atoms with E-state index in [1.54, 1.807) is 16.4 Å². The van der Waals surface area contributed by atoms with Crippen molar-refractivity contribution in [2.24, 2.45) is 7.05 Å². The Morgan fingerprint density at radius 2 is 1.86 bits per heavy atom. The van der Waals surface area contributed by atoms with Gasteiger partial charge in [-0.3, -0.25) is 0 Å². The zero-order valence-corrected chi connectivity index (χ0v) is 13.2. The predicted molar refractivity (Wildman–Crippen MR) is 82.5 cm³/mol. The van der Waals surface area contributed by atoms with E-state index in [1.165, 1.54) is 0 Å². The summed E-state index contributed by atoms with van der Waals surface area (Å²) in [4.78, 5) is 0.384. The highest BCUT2D eigenvalue weighted by Crippen LogP contribution is 2.36. The molecule has 1 aliphatic heterocycles. The van der Waals surface area contributed by atoms with Gasteiger partial charge in [0, 0.05) is 25.5 Å². The average Bonchev–Trinajstić information content (AvgIpc) is 3.07. The summed E-state index contributed by atoms with van der Waals surface area (Å²) in [6.45, 7) is 2.55. The third kappa shape index (κ3) is 2.51. The minimum Gasteiger partial charge on any atom is -0.353 e. The molecule has 3 rings (SSSR count).